The number of carbonyl (C=O) groups is 1. The largest absolute Gasteiger partial charge is 0.497 e. The zero-order chi connectivity index (χ0) is 14.0. The lowest BCUT2D eigenvalue weighted by molar-refractivity contribution is 0.0411. The van der Waals surface area contributed by atoms with E-state index in [9.17, 15) is 4.79 Å². The van der Waals surface area contributed by atoms with Crippen LogP contribution in [0.5, 0.6) is 5.75 Å². The van der Waals surface area contributed by atoms with Crippen LogP contribution < -0.4 is 10.1 Å². The third-order valence-corrected chi connectivity index (χ3v) is 3.65. The fraction of sp³-hybridized carbons (Fsp3) is 0.533. The molecule has 0 aliphatic carbocycles. The summed E-state index contributed by atoms with van der Waals surface area (Å²) < 4.78 is 5.12. The third-order valence-electron chi connectivity index (χ3n) is 3.65. The van der Waals surface area contributed by atoms with Crippen LogP contribution in [0.2, 0.25) is 0 Å². The summed E-state index contributed by atoms with van der Waals surface area (Å²) >= 11 is 0. The van der Waals surface area contributed by atoms with Gasteiger partial charge in [0.15, 0.2) is 0 Å². The lowest BCUT2D eigenvalue weighted by atomic mass is 9.96. The molecule has 1 saturated heterocycles. The highest BCUT2D eigenvalue weighted by atomic mass is 16.5. The first-order valence-electron chi connectivity index (χ1n) is 6.63. The number of ether oxygens (including phenoxy) is 1. The maximum atomic E-state index is 12.6. The van der Waals surface area contributed by atoms with Crippen molar-refractivity contribution in [1.82, 2.24) is 10.2 Å². The molecule has 0 aromatic heterocycles. The Morgan fingerprint density at radius 3 is 2.58 bits per heavy atom. The van der Waals surface area contributed by atoms with Crippen LogP contribution >= 0.6 is 0 Å². The number of amides is 1. The van der Waals surface area contributed by atoms with E-state index in [2.05, 4.69) is 26.1 Å². The van der Waals surface area contributed by atoms with Crippen LogP contribution in [0.4, 0.5) is 0 Å². The Kier molecular flexibility index (Phi) is 3.80. The molecule has 1 aromatic carbocycles. The Morgan fingerprint density at radius 2 is 2.00 bits per heavy atom. The van der Waals surface area contributed by atoms with Crippen molar-refractivity contribution < 1.29 is 9.53 Å². The van der Waals surface area contributed by atoms with E-state index in [-0.39, 0.29) is 11.4 Å². The van der Waals surface area contributed by atoms with E-state index in [0.717, 1.165) is 18.8 Å². The number of nitrogens with one attached hydrogen (secondary N) is 1. The van der Waals surface area contributed by atoms with Gasteiger partial charge in [-0.05, 0) is 45.0 Å². The SMILES string of the molecule is COc1ccc(C(=O)N2CC(C)NCC2(C)C)cc1. The summed E-state index contributed by atoms with van der Waals surface area (Å²) in [6.07, 6.45) is 0. The van der Waals surface area contributed by atoms with Crippen LogP contribution in [-0.4, -0.2) is 42.6 Å². The Labute approximate surface area is 114 Å². The number of carbonyl (C=O) groups excluding carboxylic acids is 1. The molecule has 2 rings (SSSR count). The van der Waals surface area contributed by atoms with E-state index in [4.69, 9.17) is 4.74 Å². The van der Waals surface area contributed by atoms with Crippen molar-refractivity contribution in [2.75, 3.05) is 20.2 Å². The summed E-state index contributed by atoms with van der Waals surface area (Å²) in [5.41, 5.74) is 0.548. The maximum Gasteiger partial charge on any atom is 0.254 e. The van der Waals surface area contributed by atoms with Crippen LogP contribution in [0.3, 0.4) is 0 Å². The second-order valence-electron chi connectivity index (χ2n) is 5.74. The Morgan fingerprint density at radius 1 is 1.37 bits per heavy atom. The van der Waals surface area contributed by atoms with E-state index >= 15 is 0 Å². The number of hydrogen-bond acceptors (Lipinski definition) is 3. The van der Waals surface area contributed by atoms with E-state index < -0.39 is 0 Å². The number of benzene rings is 1. The number of piperazine rings is 1. The zero-order valence-electron chi connectivity index (χ0n) is 12.1. The number of nitrogens with zero attached hydrogens (tertiary/aromatic N) is 1. The summed E-state index contributed by atoms with van der Waals surface area (Å²) in [5, 5.41) is 3.41. The highest BCUT2D eigenvalue weighted by Gasteiger charge is 2.36. The van der Waals surface area contributed by atoms with Gasteiger partial charge in [-0.2, -0.15) is 0 Å². The van der Waals surface area contributed by atoms with Crippen LogP contribution in [0.25, 0.3) is 0 Å². The molecular formula is C15H22N2O2. The quantitative estimate of drug-likeness (QED) is 0.885. The van der Waals surface area contributed by atoms with Gasteiger partial charge in [0, 0.05) is 24.7 Å². The van der Waals surface area contributed by atoms with Gasteiger partial charge in [-0.1, -0.05) is 0 Å². The second-order valence-corrected chi connectivity index (χ2v) is 5.74. The Balaban J connectivity index is 2.21. The number of rotatable bonds is 2. The van der Waals surface area contributed by atoms with Gasteiger partial charge in [0.25, 0.3) is 5.91 Å². The van der Waals surface area contributed by atoms with Gasteiger partial charge in [0.1, 0.15) is 5.75 Å². The minimum Gasteiger partial charge on any atom is -0.497 e. The predicted octanol–water partition coefficient (Wildman–Crippen LogP) is 1.91. The standard InChI is InChI=1S/C15H22N2O2/c1-11-9-17(15(2,3)10-16-11)14(18)12-5-7-13(19-4)8-6-12/h5-8,11,16H,9-10H2,1-4H3. The number of methoxy groups -OCH3 is 1. The molecule has 1 fully saturated rings. The van der Waals surface area contributed by atoms with Crippen molar-refractivity contribution in [2.45, 2.75) is 32.4 Å². The Bertz CT molecular complexity index is 454. The van der Waals surface area contributed by atoms with Gasteiger partial charge in [-0.25, -0.2) is 0 Å². The summed E-state index contributed by atoms with van der Waals surface area (Å²) in [5.74, 6) is 0.852. The molecule has 0 saturated carbocycles. The summed E-state index contributed by atoms with van der Waals surface area (Å²) in [6, 6.07) is 7.63. The van der Waals surface area contributed by atoms with Gasteiger partial charge in [-0.3, -0.25) is 4.79 Å². The lowest BCUT2D eigenvalue weighted by Gasteiger charge is -2.45. The van der Waals surface area contributed by atoms with E-state index in [1.807, 2.05) is 29.2 Å². The average Bonchev–Trinajstić information content (AvgIpc) is 2.41. The van der Waals surface area contributed by atoms with Crippen LogP contribution in [0.15, 0.2) is 24.3 Å². The fourth-order valence-corrected chi connectivity index (χ4v) is 2.35. The van der Waals surface area contributed by atoms with E-state index in [1.165, 1.54) is 0 Å². The molecule has 1 amide bonds. The zero-order valence-corrected chi connectivity index (χ0v) is 12.1. The van der Waals surface area contributed by atoms with Gasteiger partial charge in [0.2, 0.25) is 0 Å². The molecule has 0 radical (unpaired) electrons. The van der Waals surface area contributed by atoms with Crippen molar-refractivity contribution in [3.05, 3.63) is 29.8 Å². The monoisotopic (exact) mass is 262 g/mol. The normalized spacial score (nSPS) is 22.1. The van der Waals surface area contributed by atoms with Crippen LogP contribution in [0, 0.1) is 0 Å². The molecule has 19 heavy (non-hydrogen) atoms. The summed E-state index contributed by atoms with van der Waals surface area (Å²) in [4.78, 5) is 14.6. The first kappa shape index (κ1) is 13.9. The lowest BCUT2D eigenvalue weighted by Crippen LogP contribution is -2.62. The van der Waals surface area contributed by atoms with Gasteiger partial charge in [0.05, 0.1) is 12.6 Å². The molecule has 1 unspecified atom stereocenters. The van der Waals surface area contributed by atoms with Crippen molar-refractivity contribution >= 4 is 5.91 Å². The van der Waals surface area contributed by atoms with Crippen molar-refractivity contribution in [1.29, 1.82) is 0 Å². The number of hydrogen-bond donors (Lipinski definition) is 1. The summed E-state index contributed by atoms with van der Waals surface area (Å²) in [6.45, 7) is 7.83. The second kappa shape index (κ2) is 5.21. The van der Waals surface area contributed by atoms with E-state index in [0.29, 0.717) is 11.6 Å². The highest BCUT2D eigenvalue weighted by molar-refractivity contribution is 5.95. The summed E-state index contributed by atoms with van der Waals surface area (Å²) in [7, 11) is 1.62. The predicted molar refractivity (Wildman–Crippen MR) is 75.6 cm³/mol. The molecule has 1 atom stereocenters. The van der Waals surface area contributed by atoms with E-state index in [1.54, 1.807) is 7.11 Å². The van der Waals surface area contributed by atoms with Crippen molar-refractivity contribution in [2.24, 2.45) is 0 Å². The van der Waals surface area contributed by atoms with Crippen molar-refractivity contribution in [3.8, 4) is 5.75 Å². The minimum absolute atomic E-state index is 0.0843. The molecule has 104 valence electrons. The average molecular weight is 262 g/mol. The molecule has 0 spiro atoms. The molecule has 4 nitrogen and oxygen atoms in total. The van der Waals surface area contributed by atoms with Crippen LogP contribution in [-0.2, 0) is 0 Å². The van der Waals surface area contributed by atoms with Gasteiger partial charge in [-0.15, -0.1) is 0 Å². The molecule has 1 aromatic rings. The maximum absolute atomic E-state index is 12.6. The smallest absolute Gasteiger partial charge is 0.254 e. The molecule has 1 N–H and O–H groups in total. The minimum atomic E-state index is -0.163. The third kappa shape index (κ3) is 2.89. The Hall–Kier alpha value is -1.55. The molecule has 1 aliphatic heterocycles. The van der Waals surface area contributed by atoms with Crippen LogP contribution in [0.1, 0.15) is 31.1 Å². The molecular weight excluding hydrogens is 240 g/mol. The first-order valence-corrected chi connectivity index (χ1v) is 6.63. The van der Waals surface area contributed by atoms with Crippen molar-refractivity contribution in [3.63, 3.8) is 0 Å². The highest BCUT2D eigenvalue weighted by Crippen LogP contribution is 2.22. The first-order chi connectivity index (χ1) is 8.94. The molecule has 0 bridgehead atoms. The molecule has 4 heteroatoms. The fourth-order valence-electron chi connectivity index (χ4n) is 2.35. The van der Waals surface area contributed by atoms with Gasteiger partial charge < -0.3 is 15.0 Å². The topological polar surface area (TPSA) is 41.6 Å². The molecule has 1 heterocycles. The van der Waals surface area contributed by atoms with Gasteiger partial charge >= 0.3 is 0 Å². The molecule has 1 aliphatic rings.